The van der Waals surface area contributed by atoms with Crippen LogP contribution in [0.4, 0.5) is 0 Å². The van der Waals surface area contributed by atoms with Gasteiger partial charge in [-0.05, 0) is 26.3 Å². The molecule has 0 aromatic heterocycles. The highest BCUT2D eigenvalue weighted by Crippen LogP contribution is 2.25. The quantitative estimate of drug-likeness (QED) is 0.245. The predicted octanol–water partition coefficient (Wildman–Crippen LogP) is 0.195. The lowest BCUT2D eigenvalue weighted by Crippen LogP contribution is -2.43. The van der Waals surface area contributed by atoms with Crippen LogP contribution in [-0.4, -0.2) is 47.7 Å². The summed E-state index contributed by atoms with van der Waals surface area (Å²) in [6, 6.07) is 0.740. The minimum absolute atomic E-state index is 0.0621. The number of hydrogen-bond donors (Lipinski definition) is 3. The highest BCUT2D eigenvalue weighted by Gasteiger charge is 2.27. The Morgan fingerprint density at radius 3 is 2.80 bits per heavy atom. The van der Waals surface area contributed by atoms with E-state index in [0.29, 0.717) is 0 Å². The Hall–Kier alpha value is -0.810. The first-order valence-electron chi connectivity index (χ1n) is 5.63. The second-order valence-corrected chi connectivity index (χ2v) is 4.06. The summed E-state index contributed by atoms with van der Waals surface area (Å²) < 4.78 is 0. The normalized spacial score (nSPS) is 19.5. The van der Waals surface area contributed by atoms with Gasteiger partial charge in [0, 0.05) is 19.1 Å². The Balaban J connectivity index is 2.14. The van der Waals surface area contributed by atoms with E-state index in [1.807, 2.05) is 6.92 Å². The van der Waals surface area contributed by atoms with E-state index in [1.165, 1.54) is 12.8 Å². The largest absolute Gasteiger partial charge is 0.409 e. The van der Waals surface area contributed by atoms with E-state index in [1.54, 1.807) is 0 Å². The molecule has 1 fully saturated rings. The van der Waals surface area contributed by atoms with Crippen molar-refractivity contribution >= 4 is 5.84 Å². The number of nitrogens with two attached hydrogens (primary N) is 1. The van der Waals surface area contributed by atoms with Gasteiger partial charge in [-0.25, -0.2) is 0 Å². The van der Waals surface area contributed by atoms with Crippen molar-refractivity contribution in [2.75, 3.05) is 19.6 Å². The first-order valence-corrected chi connectivity index (χ1v) is 5.63. The van der Waals surface area contributed by atoms with Crippen molar-refractivity contribution in [3.8, 4) is 0 Å². The topological polar surface area (TPSA) is 73.9 Å². The molecule has 0 aliphatic heterocycles. The smallest absolute Gasteiger partial charge is 0.156 e. The van der Waals surface area contributed by atoms with Crippen molar-refractivity contribution in [3.63, 3.8) is 0 Å². The van der Waals surface area contributed by atoms with E-state index in [9.17, 15) is 0 Å². The molecule has 0 bridgehead atoms. The standard InChI is InChI=1S/C10H22N4O/c1-3-14(9-4-5-9)7-6-12-8(2)10(11)13-15/h8-9,12,15H,3-7H2,1-2H3,(H2,11,13). The number of likely N-dealkylation sites (N-methyl/N-ethyl adjacent to an activating group) is 1. The number of rotatable bonds is 7. The molecule has 0 aromatic carbocycles. The fraction of sp³-hybridized carbons (Fsp3) is 0.900. The molecule has 1 atom stereocenters. The van der Waals surface area contributed by atoms with Gasteiger partial charge in [0.2, 0.25) is 0 Å². The minimum atomic E-state index is -0.0621. The Labute approximate surface area is 91.3 Å². The Morgan fingerprint density at radius 1 is 1.67 bits per heavy atom. The summed E-state index contributed by atoms with van der Waals surface area (Å²) in [5, 5.41) is 14.7. The van der Waals surface area contributed by atoms with Crippen molar-refractivity contribution in [1.82, 2.24) is 10.2 Å². The van der Waals surface area contributed by atoms with Gasteiger partial charge in [-0.15, -0.1) is 0 Å². The third-order valence-electron chi connectivity index (χ3n) is 2.88. The lowest BCUT2D eigenvalue weighted by atomic mass is 10.3. The van der Waals surface area contributed by atoms with Crippen LogP contribution in [0.2, 0.25) is 0 Å². The van der Waals surface area contributed by atoms with Gasteiger partial charge >= 0.3 is 0 Å². The van der Waals surface area contributed by atoms with E-state index < -0.39 is 0 Å². The molecule has 5 nitrogen and oxygen atoms in total. The van der Waals surface area contributed by atoms with Gasteiger partial charge in [0.1, 0.15) is 0 Å². The van der Waals surface area contributed by atoms with Crippen LogP contribution in [0, 0.1) is 0 Å². The van der Waals surface area contributed by atoms with Crippen LogP contribution in [0.25, 0.3) is 0 Å². The van der Waals surface area contributed by atoms with Crippen molar-refractivity contribution < 1.29 is 5.21 Å². The van der Waals surface area contributed by atoms with Crippen LogP contribution in [0.5, 0.6) is 0 Å². The molecular formula is C10H22N4O. The molecule has 1 aliphatic rings. The molecular weight excluding hydrogens is 192 g/mol. The van der Waals surface area contributed by atoms with E-state index in [2.05, 4.69) is 22.3 Å². The fourth-order valence-corrected chi connectivity index (χ4v) is 1.65. The molecule has 5 heteroatoms. The molecule has 0 heterocycles. The summed E-state index contributed by atoms with van der Waals surface area (Å²) in [4.78, 5) is 2.46. The summed E-state index contributed by atoms with van der Waals surface area (Å²) >= 11 is 0. The molecule has 0 aromatic rings. The Morgan fingerprint density at radius 2 is 2.33 bits per heavy atom. The molecule has 4 N–H and O–H groups in total. The maximum Gasteiger partial charge on any atom is 0.156 e. The molecule has 0 saturated heterocycles. The average Bonchev–Trinajstić information content (AvgIpc) is 3.06. The van der Waals surface area contributed by atoms with Crippen LogP contribution in [0.3, 0.4) is 0 Å². The highest BCUT2D eigenvalue weighted by atomic mass is 16.4. The Bertz CT molecular complexity index is 215. The molecule has 1 unspecified atom stereocenters. The van der Waals surface area contributed by atoms with Gasteiger partial charge < -0.3 is 16.3 Å². The maximum atomic E-state index is 8.47. The molecule has 0 amide bonds. The average molecular weight is 214 g/mol. The van der Waals surface area contributed by atoms with Crippen molar-refractivity contribution in [3.05, 3.63) is 0 Å². The molecule has 15 heavy (non-hydrogen) atoms. The first kappa shape index (κ1) is 12.3. The van der Waals surface area contributed by atoms with E-state index >= 15 is 0 Å². The van der Waals surface area contributed by atoms with Crippen LogP contribution in [0.1, 0.15) is 26.7 Å². The second-order valence-electron chi connectivity index (χ2n) is 4.06. The van der Waals surface area contributed by atoms with Crippen molar-refractivity contribution in [1.29, 1.82) is 0 Å². The number of hydrogen-bond acceptors (Lipinski definition) is 4. The van der Waals surface area contributed by atoms with Gasteiger partial charge in [0.05, 0.1) is 6.04 Å². The zero-order chi connectivity index (χ0) is 11.3. The summed E-state index contributed by atoms with van der Waals surface area (Å²) in [7, 11) is 0. The summed E-state index contributed by atoms with van der Waals surface area (Å²) in [5.41, 5.74) is 5.46. The van der Waals surface area contributed by atoms with Gasteiger partial charge in [-0.3, -0.25) is 4.90 Å². The van der Waals surface area contributed by atoms with E-state index in [4.69, 9.17) is 10.9 Å². The number of oxime groups is 1. The number of nitrogens with one attached hydrogen (secondary N) is 1. The predicted molar refractivity (Wildman–Crippen MR) is 61.1 cm³/mol. The van der Waals surface area contributed by atoms with Crippen LogP contribution in [-0.2, 0) is 0 Å². The zero-order valence-electron chi connectivity index (χ0n) is 9.61. The number of nitrogens with zero attached hydrogens (tertiary/aromatic N) is 2. The zero-order valence-corrected chi connectivity index (χ0v) is 9.61. The molecule has 1 saturated carbocycles. The molecule has 1 aliphatic carbocycles. The van der Waals surface area contributed by atoms with Crippen LogP contribution < -0.4 is 11.1 Å². The first-order chi connectivity index (χ1) is 7.19. The summed E-state index contributed by atoms with van der Waals surface area (Å²) in [6.07, 6.45) is 2.67. The molecule has 88 valence electrons. The van der Waals surface area contributed by atoms with Gasteiger partial charge in [0.15, 0.2) is 5.84 Å². The van der Waals surface area contributed by atoms with Crippen molar-refractivity contribution in [2.24, 2.45) is 10.9 Å². The SMILES string of the molecule is CCN(CCNC(C)C(N)=NO)C1CC1. The van der Waals surface area contributed by atoms with E-state index in [0.717, 1.165) is 25.7 Å². The second kappa shape index (κ2) is 5.92. The lowest BCUT2D eigenvalue weighted by molar-refractivity contribution is 0.275. The fourth-order valence-electron chi connectivity index (χ4n) is 1.65. The Kier molecular flexibility index (Phi) is 4.84. The van der Waals surface area contributed by atoms with E-state index in [-0.39, 0.29) is 11.9 Å². The third kappa shape index (κ3) is 4.05. The lowest BCUT2D eigenvalue weighted by Gasteiger charge is -2.21. The minimum Gasteiger partial charge on any atom is -0.409 e. The maximum absolute atomic E-state index is 8.47. The van der Waals surface area contributed by atoms with Gasteiger partial charge in [-0.1, -0.05) is 12.1 Å². The molecule has 0 spiro atoms. The third-order valence-corrected chi connectivity index (χ3v) is 2.88. The van der Waals surface area contributed by atoms with Crippen LogP contribution in [0.15, 0.2) is 5.16 Å². The number of amidine groups is 1. The monoisotopic (exact) mass is 214 g/mol. The summed E-state index contributed by atoms with van der Waals surface area (Å²) in [5.74, 6) is 0.240. The summed E-state index contributed by atoms with van der Waals surface area (Å²) in [6.45, 7) is 7.09. The molecule has 0 radical (unpaired) electrons. The highest BCUT2D eigenvalue weighted by molar-refractivity contribution is 5.84. The van der Waals surface area contributed by atoms with Crippen LogP contribution >= 0.6 is 0 Å². The van der Waals surface area contributed by atoms with Gasteiger partial charge in [0.25, 0.3) is 0 Å². The van der Waals surface area contributed by atoms with Gasteiger partial charge in [-0.2, -0.15) is 0 Å². The molecule has 1 rings (SSSR count). The van der Waals surface area contributed by atoms with Crippen molar-refractivity contribution in [2.45, 2.75) is 38.8 Å².